The van der Waals surface area contributed by atoms with E-state index in [1.54, 1.807) is 25.1 Å². The summed E-state index contributed by atoms with van der Waals surface area (Å²) in [6.45, 7) is 3.22. The van der Waals surface area contributed by atoms with Gasteiger partial charge in [0.25, 0.3) is 17.5 Å². The van der Waals surface area contributed by atoms with Gasteiger partial charge in [-0.05, 0) is 61.9 Å². The fourth-order valence-electron chi connectivity index (χ4n) is 2.81. The van der Waals surface area contributed by atoms with Crippen molar-refractivity contribution in [2.45, 2.75) is 19.9 Å². The molecule has 3 rings (SSSR count). The first-order chi connectivity index (χ1) is 15.2. The molecule has 0 aliphatic heterocycles. The molecular weight excluding hydrogens is 419 g/mol. The molecule has 3 aromatic rings. The number of nitrogens with one attached hydrogen (secondary N) is 2. The fourth-order valence-corrected chi connectivity index (χ4v) is 2.81. The van der Waals surface area contributed by atoms with Gasteiger partial charge in [0, 0.05) is 23.3 Å². The molecule has 0 saturated heterocycles. The molecule has 0 fully saturated rings. The topological polar surface area (TPSA) is 127 Å². The van der Waals surface area contributed by atoms with Crippen LogP contribution in [0.2, 0.25) is 0 Å². The zero-order valence-corrected chi connectivity index (χ0v) is 17.2. The summed E-state index contributed by atoms with van der Waals surface area (Å²) in [4.78, 5) is 34.6. The van der Waals surface area contributed by atoms with E-state index >= 15 is 0 Å². The van der Waals surface area contributed by atoms with Crippen molar-refractivity contribution >= 4 is 23.7 Å². The van der Waals surface area contributed by atoms with Crippen LogP contribution < -0.4 is 10.7 Å². The zero-order valence-electron chi connectivity index (χ0n) is 17.2. The average molecular weight is 438 g/mol. The summed E-state index contributed by atoms with van der Waals surface area (Å²) in [6.07, 6.45) is 1.29. The minimum Gasteiger partial charge on any atom is -0.455 e. The molecule has 2 N–H and O–H groups in total. The summed E-state index contributed by atoms with van der Waals surface area (Å²) in [5.41, 5.74) is 3.88. The second-order valence-electron chi connectivity index (χ2n) is 6.89. The Morgan fingerprint density at radius 3 is 2.53 bits per heavy atom. The minimum absolute atomic E-state index is 0.0112. The van der Waals surface area contributed by atoms with E-state index in [9.17, 15) is 24.1 Å². The second-order valence-corrected chi connectivity index (χ2v) is 6.89. The number of furan rings is 1. The van der Waals surface area contributed by atoms with Gasteiger partial charge >= 0.3 is 0 Å². The Morgan fingerprint density at radius 2 is 1.88 bits per heavy atom. The van der Waals surface area contributed by atoms with E-state index in [1.165, 1.54) is 37.4 Å². The van der Waals surface area contributed by atoms with E-state index < -0.39 is 28.6 Å². The predicted octanol–water partition coefficient (Wildman–Crippen LogP) is 3.57. The number of rotatable bonds is 7. The monoisotopic (exact) mass is 438 g/mol. The summed E-state index contributed by atoms with van der Waals surface area (Å²) >= 11 is 0. The van der Waals surface area contributed by atoms with Gasteiger partial charge in [0.1, 0.15) is 23.4 Å². The molecule has 1 atom stereocenters. The van der Waals surface area contributed by atoms with Crippen LogP contribution in [0, 0.1) is 22.9 Å². The lowest BCUT2D eigenvalue weighted by Gasteiger charge is -2.12. The standard InChI is InChI=1S/C22H19FN4O5/c1-13-11-17(27(30)31)7-9-19(13)20-10-8-18(32-20)12-24-26-21(28)14(2)25-22(29)15-3-5-16(23)6-4-15/h3-12,14H,1-2H3,(H,25,29)(H,26,28)/b24-12-/t14-/m0/s1. The van der Waals surface area contributed by atoms with Gasteiger partial charge in [-0.15, -0.1) is 0 Å². The van der Waals surface area contributed by atoms with Crippen LogP contribution in [-0.4, -0.2) is 29.0 Å². The quantitative estimate of drug-likeness (QED) is 0.331. The van der Waals surface area contributed by atoms with Crippen molar-refractivity contribution in [3.05, 3.63) is 87.4 Å². The van der Waals surface area contributed by atoms with Crippen molar-refractivity contribution in [3.8, 4) is 11.3 Å². The molecular formula is C22H19FN4O5. The van der Waals surface area contributed by atoms with Crippen LogP contribution in [0.25, 0.3) is 11.3 Å². The Morgan fingerprint density at radius 1 is 1.16 bits per heavy atom. The van der Waals surface area contributed by atoms with Crippen molar-refractivity contribution in [1.29, 1.82) is 0 Å². The molecule has 1 aromatic heterocycles. The molecule has 0 unspecified atom stereocenters. The Labute approximate surface area is 182 Å². The number of amides is 2. The van der Waals surface area contributed by atoms with Gasteiger partial charge in [0.15, 0.2) is 0 Å². The van der Waals surface area contributed by atoms with Crippen LogP contribution >= 0.6 is 0 Å². The number of hydrogen-bond donors (Lipinski definition) is 2. The molecule has 0 saturated carbocycles. The van der Waals surface area contributed by atoms with Gasteiger partial charge in [0.2, 0.25) is 0 Å². The highest BCUT2D eigenvalue weighted by atomic mass is 19.1. The number of benzene rings is 2. The second kappa shape index (κ2) is 9.65. The molecule has 9 nitrogen and oxygen atoms in total. The molecule has 0 bridgehead atoms. The molecule has 2 aromatic carbocycles. The van der Waals surface area contributed by atoms with Gasteiger partial charge in [-0.2, -0.15) is 5.10 Å². The van der Waals surface area contributed by atoms with E-state index in [0.717, 1.165) is 12.1 Å². The largest absolute Gasteiger partial charge is 0.455 e. The van der Waals surface area contributed by atoms with Gasteiger partial charge in [-0.1, -0.05) is 0 Å². The third-order valence-electron chi connectivity index (χ3n) is 4.53. The van der Waals surface area contributed by atoms with Crippen molar-refractivity contribution < 1.29 is 23.3 Å². The molecule has 0 aliphatic rings. The first-order valence-corrected chi connectivity index (χ1v) is 9.49. The van der Waals surface area contributed by atoms with Crippen molar-refractivity contribution in [3.63, 3.8) is 0 Å². The van der Waals surface area contributed by atoms with Crippen LogP contribution in [-0.2, 0) is 4.79 Å². The molecule has 1 heterocycles. The summed E-state index contributed by atoms with van der Waals surface area (Å²) in [5, 5.41) is 17.2. The summed E-state index contributed by atoms with van der Waals surface area (Å²) in [7, 11) is 0. The zero-order chi connectivity index (χ0) is 23.3. The molecule has 0 spiro atoms. The molecule has 10 heteroatoms. The van der Waals surface area contributed by atoms with E-state index in [2.05, 4.69) is 15.8 Å². The first-order valence-electron chi connectivity index (χ1n) is 9.49. The van der Waals surface area contributed by atoms with E-state index in [-0.39, 0.29) is 11.3 Å². The molecule has 0 aliphatic carbocycles. The lowest BCUT2D eigenvalue weighted by Crippen LogP contribution is -2.43. The normalized spacial score (nSPS) is 11.8. The highest BCUT2D eigenvalue weighted by Gasteiger charge is 2.16. The highest BCUT2D eigenvalue weighted by molar-refractivity contribution is 5.97. The number of nitro groups is 1. The number of carbonyl (C=O) groups is 2. The number of non-ortho nitro benzene ring substituents is 1. The summed E-state index contributed by atoms with van der Waals surface area (Å²) in [5.74, 6) is -0.710. The summed E-state index contributed by atoms with van der Waals surface area (Å²) < 4.78 is 18.6. The number of hydrazone groups is 1. The van der Waals surface area contributed by atoms with Crippen molar-refractivity contribution in [2.75, 3.05) is 0 Å². The molecule has 0 radical (unpaired) electrons. The van der Waals surface area contributed by atoms with Gasteiger partial charge in [0.05, 0.1) is 11.1 Å². The number of aryl methyl sites for hydroxylation is 1. The SMILES string of the molecule is Cc1cc([N+](=O)[O-])ccc1-c1ccc(/C=N\NC(=O)[C@H](C)NC(=O)c2ccc(F)cc2)o1. The smallest absolute Gasteiger partial charge is 0.269 e. The average Bonchev–Trinajstić information content (AvgIpc) is 3.22. The van der Waals surface area contributed by atoms with Crippen LogP contribution in [0.4, 0.5) is 10.1 Å². The van der Waals surface area contributed by atoms with Crippen molar-refractivity contribution in [1.82, 2.24) is 10.7 Å². The summed E-state index contributed by atoms with van der Waals surface area (Å²) in [6, 6.07) is 11.8. The van der Waals surface area contributed by atoms with Crippen molar-refractivity contribution in [2.24, 2.45) is 5.10 Å². The predicted molar refractivity (Wildman–Crippen MR) is 115 cm³/mol. The van der Waals surface area contributed by atoms with Gasteiger partial charge in [-0.3, -0.25) is 19.7 Å². The molecule has 32 heavy (non-hydrogen) atoms. The Balaban J connectivity index is 1.57. The lowest BCUT2D eigenvalue weighted by atomic mass is 10.1. The number of halogens is 1. The molecule has 2 amide bonds. The number of carbonyl (C=O) groups excluding carboxylic acids is 2. The maximum Gasteiger partial charge on any atom is 0.269 e. The third-order valence-corrected chi connectivity index (χ3v) is 4.53. The first kappa shape index (κ1) is 22.3. The Bertz CT molecular complexity index is 1190. The third kappa shape index (κ3) is 5.42. The van der Waals surface area contributed by atoms with E-state index in [4.69, 9.17) is 4.42 Å². The van der Waals surface area contributed by atoms with Crippen LogP contribution in [0.15, 0.2) is 64.1 Å². The number of nitro benzene ring substituents is 1. The van der Waals surface area contributed by atoms with Gasteiger partial charge in [-0.25, -0.2) is 9.82 Å². The number of hydrogen-bond acceptors (Lipinski definition) is 6. The number of nitrogens with zero attached hydrogens (tertiary/aromatic N) is 2. The van der Waals surface area contributed by atoms with Crippen LogP contribution in [0.3, 0.4) is 0 Å². The van der Waals surface area contributed by atoms with E-state index in [1.807, 2.05) is 0 Å². The Hall–Kier alpha value is -4.34. The maximum atomic E-state index is 12.9. The highest BCUT2D eigenvalue weighted by Crippen LogP contribution is 2.28. The minimum atomic E-state index is -0.889. The molecule has 164 valence electrons. The maximum absolute atomic E-state index is 12.9. The van der Waals surface area contributed by atoms with Crippen LogP contribution in [0.1, 0.15) is 28.6 Å². The Kier molecular flexibility index (Phi) is 6.74. The lowest BCUT2D eigenvalue weighted by molar-refractivity contribution is -0.384. The van der Waals surface area contributed by atoms with Crippen LogP contribution in [0.5, 0.6) is 0 Å². The van der Waals surface area contributed by atoms with E-state index in [0.29, 0.717) is 22.6 Å². The fraction of sp³-hybridized carbons (Fsp3) is 0.136. The van der Waals surface area contributed by atoms with Gasteiger partial charge < -0.3 is 9.73 Å².